The van der Waals surface area contributed by atoms with Gasteiger partial charge >= 0.3 is 11.9 Å². The molecule has 0 spiro atoms. The lowest BCUT2D eigenvalue weighted by Crippen LogP contribution is -3.15. The third-order valence-corrected chi connectivity index (χ3v) is 7.37. The molecule has 0 heterocycles. The minimum Gasteiger partial charge on any atom is -0.469 e. The molecule has 0 unspecified atom stereocenters. The molecule has 0 aromatic carbocycles. The fourth-order valence-electron chi connectivity index (χ4n) is 7.50. The second kappa shape index (κ2) is 1.82. The topological polar surface area (TPSA) is 52.6 Å². The second-order valence-corrected chi connectivity index (χ2v) is 6.60. The Kier molecular flexibility index (Phi) is 0.958. The Labute approximate surface area is 98.6 Å². The average Bonchev–Trinajstić information content (AvgIpc) is 2.35. The fourth-order valence-corrected chi connectivity index (χ4v) is 7.50. The molecule has 6 aliphatic carbocycles. The molecule has 0 amide bonds. The Hall–Kier alpha value is -1.06. The first-order valence-corrected chi connectivity index (χ1v) is 6.24. The minimum atomic E-state index is -0.197. The standard InChI is InChI=1S/C13H14O4/c1-11-7-5-4-6(13(5,11)10(15)17-3)8(11)12(4,7)9(14)16-2/h4-8H,1-3H3/t4?,5-,6-,7-,8-,11?,12?,13?/m0/s1. The van der Waals surface area contributed by atoms with E-state index in [1.165, 1.54) is 14.2 Å². The van der Waals surface area contributed by atoms with Crippen LogP contribution >= 0.6 is 0 Å². The van der Waals surface area contributed by atoms with Crippen molar-refractivity contribution in [2.45, 2.75) is 6.92 Å². The summed E-state index contributed by atoms with van der Waals surface area (Å²) in [4.78, 5) is 23.9. The minimum absolute atomic E-state index is 0.0272. The molecule has 0 radical (unpaired) electrons. The summed E-state index contributed by atoms with van der Waals surface area (Å²) >= 11 is 0. The highest BCUT2D eigenvalue weighted by molar-refractivity contribution is 5.98. The molecule has 6 saturated carbocycles. The maximum Gasteiger partial charge on any atom is 0.312 e. The SMILES string of the molecule is COC(=O)C12C3[C@H]4[C@H]1C1(C)[C@@H]2[C@H]3C41C(=O)OC. The van der Waals surface area contributed by atoms with E-state index in [4.69, 9.17) is 9.47 Å². The van der Waals surface area contributed by atoms with Crippen LogP contribution in [0.5, 0.6) is 0 Å². The van der Waals surface area contributed by atoms with Crippen LogP contribution in [0.25, 0.3) is 0 Å². The number of hydrogen-bond donors (Lipinski definition) is 0. The van der Waals surface area contributed by atoms with Gasteiger partial charge < -0.3 is 9.47 Å². The molecule has 6 aliphatic rings. The summed E-state index contributed by atoms with van der Waals surface area (Å²) < 4.78 is 9.96. The van der Waals surface area contributed by atoms with Gasteiger partial charge in [0.15, 0.2) is 0 Å². The molecule has 0 N–H and O–H groups in total. The molecule has 0 bridgehead atoms. The van der Waals surface area contributed by atoms with Crippen molar-refractivity contribution in [2.75, 3.05) is 14.2 Å². The van der Waals surface area contributed by atoms with Gasteiger partial charge in [-0.1, -0.05) is 6.92 Å². The van der Waals surface area contributed by atoms with E-state index in [9.17, 15) is 9.59 Å². The van der Waals surface area contributed by atoms with Crippen LogP contribution < -0.4 is 0 Å². The summed E-state index contributed by atoms with van der Waals surface area (Å²) in [6.45, 7) is 2.17. The number of ether oxygens (including phenoxy) is 2. The van der Waals surface area contributed by atoms with E-state index in [1.54, 1.807) is 0 Å². The van der Waals surface area contributed by atoms with Crippen molar-refractivity contribution < 1.29 is 19.1 Å². The van der Waals surface area contributed by atoms with Crippen LogP contribution in [0.3, 0.4) is 0 Å². The third kappa shape index (κ3) is 0.373. The average molecular weight is 234 g/mol. The number of methoxy groups -OCH3 is 2. The van der Waals surface area contributed by atoms with E-state index < -0.39 is 0 Å². The molecular weight excluding hydrogens is 220 g/mol. The predicted molar refractivity (Wildman–Crippen MR) is 54.5 cm³/mol. The number of esters is 2. The summed E-state index contributed by atoms with van der Waals surface area (Å²) in [6.07, 6.45) is 0. The van der Waals surface area contributed by atoms with Crippen LogP contribution in [0.1, 0.15) is 6.92 Å². The van der Waals surface area contributed by atoms with Gasteiger partial charge in [0.1, 0.15) is 0 Å². The Bertz CT molecular complexity index is 502. The smallest absolute Gasteiger partial charge is 0.312 e. The van der Waals surface area contributed by atoms with Crippen molar-refractivity contribution in [1.29, 1.82) is 0 Å². The Balaban J connectivity index is 1.59. The molecule has 90 valence electrons. The molecule has 6 rings (SSSR count). The maximum absolute atomic E-state index is 12.0. The highest BCUT2D eigenvalue weighted by Crippen LogP contribution is 3.14. The summed E-state index contributed by atoms with van der Waals surface area (Å²) in [5.74, 6) is 2.04. The Morgan fingerprint density at radius 2 is 1.47 bits per heavy atom. The van der Waals surface area contributed by atoms with Gasteiger partial charge in [0.25, 0.3) is 0 Å². The van der Waals surface area contributed by atoms with Gasteiger partial charge in [-0.05, 0) is 35.0 Å². The van der Waals surface area contributed by atoms with E-state index in [0.717, 1.165) is 0 Å². The first kappa shape index (κ1) is 8.95. The van der Waals surface area contributed by atoms with Crippen molar-refractivity contribution in [3.63, 3.8) is 0 Å². The number of rotatable bonds is 2. The summed E-state index contributed by atoms with van der Waals surface area (Å²) in [6, 6.07) is 0. The first-order chi connectivity index (χ1) is 8.07. The van der Waals surface area contributed by atoms with Crippen LogP contribution in [0.2, 0.25) is 0 Å². The molecule has 4 atom stereocenters. The monoisotopic (exact) mass is 234 g/mol. The summed E-state index contributed by atoms with van der Waals surface area (Å²) in [5, 5.41) is 0. The van der Waals surface area contributed by atoms with Crippen molar-refractivity contribution in [2.24, 2.45) is 45.8 Å². The zero-order valence-electron chi connectivity index (χ0n) is 10.0. The molecule has 4 nitrogen and oxygen atoms in total. The number of carbonyl (C=O) groups excluding carboxylic acids is 2. The number of carbonyl (C=O) groups is 2. The van der Waals surface area contributed by atoms with E-state index in [-0.39, 0.29) is 28.2 Å². The van der Waals surface area contributed by atoms with E-state index in [1.807, 2.05) is 0 Å². The highest BCUT2D eigenvalue weighted by atomic mass is 16.5. The van der Waals surface area contributed by atoms with E-state index in [0.29, 0.717) is 29.6 Å². The van der Waals surface area contributed by atoms with Crippen molar-refractivity contribution >= 4 is 11.9 Å². The van der Waals surface area contributed by atoms with Crippen LogP contribution in [0.4, 0.5) is 0 Å². The molecule has 0 aromatic rings. The predicted octanol–water partition coefficient (Wildman–Crippen LogP) is 0.460. The van der Waals surface area contributed by atoms with Crippen molar-refractivity contribution in [1.82, 2.24) is 0 Å². The largest absolute Gasteiger partial charge is 0.469 e. The lowest BCUT2D eigenvalue weighted by molar-refractivity contribution is -0.668. The van der Waals surface area contributed by atoms with Gasteiger partial charge in [0.05, 0.1) is 25.0 Å². The molecular formula is C13H14O4. The maximum atomic E-state index is 12.0. The number of hydrogen-bond acceptors (Lipinski definition) is 4. The normalized spacial score (nSPS) is 69.5. The lowest BCUT2D eigenvalue weighted by atomic mass is 8.88. The van der Waals surface area contributed by atoms with Crippen LogP contribution in [0.15, 0.2) is 0 Å². The van der Waals surface area contributed by atoms with E-state index in [2.05, 4.69) is 6.92 Å². The third-order valence-electron chi connectivity index (χ3n) is 7.37. The molecule has 0 aliphatic heterocycles. The molecule has 0 saturated heterocycles. The van der Waals surface area contributed by atoms with Crippen LogP contribution in [-0.4, -0.2) is 26.2 Å². The zero-order valence-corrected chi connectivity index (χ0v) is 10.0. The lowest BCUT2D eigenvalue weighted by Gasteiger charge is -3.12. The van der Waals surface area contributed by atoms with Gasteiger partial charge in [-0.15, -0.1) is 0 Å². The Morgan fingerprint density at radius 3 is 1.88 bits per heavy atom. The van der Waals surface area contributed by atoms with Crippen molar-refractivity contribution in [3.8, 4) is 0 Å². The highest BCUT2D eigenvalue weighted by Gasteiger charge is 3.17. The van der Waals surface area contributed by atoms with Gasteiger partial charge in [-0.25, -0.2) is 0 Å². The van der Waals surface area contributed by atoms with Gasteiger partial charge in [0, 0.05) is 0 Å². The molecule has 0 aromatic heterocycles. The summed E-state index contributed by atoms with van der Waals surface area (Å²) in [5.41, 5.74) is -0.315. The van der Waals surface area contributed by atoms with E-state index >= 15 is 0 Å². The zero-order chi connectivity index (χ0) is 12.0. The van der Waals surface area contributed by atoms with Gasteiger partial charge in [-0.3, -0.25) is 9.59 Å². The Morgan fingerprint density at radius 1 is 0.941 bits per heavy atom. The summed E-state index contributed by atoms with van der Waals surface area (Å²) in [7, 11) is 2.95. The molecule has 6 fully saturated rings. The van der Waals surface area contributed by atoms with Gasteiger partial charge in [-0.2, -0.15) is 0 Å². The van der Waals surface area contributed by atoms with Crippen LogP contribution in [-0.2, 0) is 19.1 Å². The second-order valence-electron chi connectivity index (χ2n) is 6.60. The molecule has 4 heteroatoms. The van der Waals surface area contributed by atoms with Crippen LogP contribution in [0, 0.1) is 45.8 Å². The quantitative estimate of drug-likeness (QED) is 0.651. The first-order valence-electron chi connectivity index (χ1n) is 6.24. The van der Waals surface area contributed by atoms with Gasteiger partial charge in [0.2, 0.25) is 0 Å². The fraction of sp³-hybridized carbons (Fsp3) is 0.846. The van der Waals surface area contributed by atoms with Crippen molar-refractivity contribution in [3.05, 3.63) is 0 Å². The molecule has 17 heavy (non-hydrogen) atoms.